The van der Waals surface area contributed by atoms with Crippen molar-refractivity contribution in [2.45, 2.75) is 19.6 Å². The SMILES string of the molecule is N#Cc1cc2c(c(-c3ccccc3)c1)CN(Cc1ccccc1)C2. The average Bonchev–Trinajstić information content (AvgIpc) is 3.04. The number of fused-ring (bicyclic) bond motifs is 1. The lowest BCUT2D eigenvalue weighted by Gasteiger charge is -2.15. The highest BCUT2D eigenvalue weighted by Gasteiger charge is 2.23. The molecule has 0 saturated heterocycles. The second kappa shape index (κ2) is 6.31. The van der Waals surface area contributed by atoms with E-state index in [2.05, 4.69) is 65.6 Å². The van der Waals surface area contributed by atoms with Gasteiger partial charge in [-0.2, -0.15) is 5.26 Å². The van der Waals surface area contributed by atoms with E-state index in [1.807, 2.05) is 18.2 Å². The van der Waals surface area contributed by atoms with Crippen molar-refractivity contribution in [1.82, 2.24) is 4.90 Å². The monoisotopic (exact) mass is 310 g/mol. The minimum Gasteiger partial charge on any atom is -0.291 e. The van der Waals surface area contributed by atoms with Crippen molar-refractivity contribution in [3.63, 3.8) is 0 Å². The van der Waals surface area contributed by atoms with Crippen LogP contribution in [0.1, 0.15) is 22.3 Å². The Morgan fingerprint density at radius 1 is 0.875 bits per heavy atom. The third kappa shape index (κ3) is 2.82. The third-order valence-corrected chi connectivity index (χ3v) is 4.58. The minimum atomic E-state index is 0.745. The van der Waals surface area contributed by atoms with Crippen LogP contribution in [-0.4, -0.2) is 4.90 Å². The maximum atomic E-state index is 9.38. The molecule has 4 rings (SSSR count). The van der Waals surface area contributed by atoms with E-state index in [-0.39, 0.29) is 0 Å². The summed E-state index contributed by atoms with van der Waals surface area (Å²) in [6.45, 7) is 2.77. The van der Waals surface area contributed by atoms with Gasteiger partial charge < -0.3 is 0 Å². The van der Waals surface area contributed by atoms with Crippen LogP contribution in [0.5, 0.6) is 0 Å². The van der Waals surface area contributed by atoms with Crippen LogP contribution in [-0.2, 0) is 19.6 Å². The summed E-state index contributed by atoms with van der Waals surface area (Å²) in [5, 5.41) is 9.38. The van der Waals surface area contributed by atoms with Crippen molar-refractivity contribution in [3.8, 4) is 17.2 Å². The van der Waals surface area contributed by atoms with E-state index in [4.69, 9.17) is 0 Å². The first-order valence-electron chi connectivity index (χ1n) is 8.21. The molecule has 3 aromatic carbocycles. The van der Waals surface area contributed by atoms with Crippen molar-refractivity contribution in [1.29, 1.82) is 5.26 Å². The molecular weight excluding hydrogens is 292 g/mol. The fraction of sp³-hybridized carbons (Fsp3) is 0.136. The standard InChI is InChI=1S/C22H18N2/c23-13-18-11-20-15-24(14-17-7-3-1-4-8-17)16-22(20)21(12-18)19-9-5-2-6-10-19/h1-12H,14-16H2. The van der Waals surface area contributed by atoms with Gasteiger partial charge in [0.1, 0.15) is 0 Å². The fourth-order valence-electron chi connectivity index (χ4n) is 3.47. The second-order valence-electron chi connectivity index (χ2n) is 6.27. The lowest BCUT2D eigenvalue weighted by atomic mass is 9.95. The van der Waals surface area contributed by atoms with E-state index in [9.17, 15) is 5.26 Å². The molecule has 1 aliphatic heterocycles. The quantitative estimate of drug-likeness (QED) is 0.698. The van der Waals surface area contributed by atoms with Crippen LogP contribution in [0.2, 0.25) is 0 Å². The van der Waals surface area contributed by atoms with Gasteiger partial charge in [-0.1, -0.05) is 60.7 Å². The molecule has 1 aliphatic rings. The molecule has 0 amide bonds. The van der Waals surface area contributed by atoms with Crippen LogP contribution in [0, 0.1) is 11.3 Å². The fourth-order valence-corrected chi connectivity index (χ4v) is 3.47. The van der Waals surface area contributed by atoms with E-state index in [0.29, 0.717) is 0 Å². The summed E-state index contributed by atoms with van der Waals surface area (Å²) in [6.07, 6.45) is 0. The van der Waals surface area contributed by atoms with E-state index in [0.717, 1.165) is 25.2 Å². The molecule has 1 heterocycles. The zero-order valence-electron chi connectivity index (χ0n) is 13.4. The van der Waals surface area contributed by atoms with Gasteiger partial charge in [0.05, 0.1) is 11.6 Å². The van der Waals surface area contributed by atoms with Crippen LogP contribution < -0.4 is 0 Å². The van der Waals surface area contributed by atoms with Crippen molar-refractivity contribution >= 4 is 0 Å². The number of nitrogens with zero attached hydrogens (tertiary/aromatic N) is 2. The Morgan fingerprint density at radius 2 is 1.58 bits per heavy atom. The molecule has 3 aromatic rings. The predicted molar refractivity (Wildman–Crippen MR) is 96.0 cm³/mol. The maximum Gasteiger partial charge on any atom is 0.0991 e. The molecule has 2 heteroatoms. The molecule has 0 N–H and O–H groups in total. The lowest BCUT2D eigenvalue weighted by molar-refractivity contribution is 0.275. The van der Waals surface area contributed by atoms with Gasteiger partial charge in [0.2, 0.25) is 0 Å². The van der Waals surface area contributed by atoms with Crippen LogP contribution >= 0.6 is 0 Å². The average molecular weight is 310 g/mol. The Hall–Kier alpha value is -2.89. The van der Waals surface area contributed by atoms with Gasteiger partial charge in [0.25, 0.3) is 0 Å². The number of nitriles is 1. The van der Waals surface area contributed by atoms with Gasteiger partial charge in [0, 0.05) is 19.6 Å². The molecule has 0 aromatic heterocycles. The third-order valence-electron chi connectivity index (χ3n) is 4.58. The molecule has 2 nitrogen and oxygen atoms in total. The van der Waals surface area contributed by atoms with Gasteiger partial charge in [-0.25, -0.2) is 0 Å². The summed E-state index contributed by atoms with van der Waals surface area (Å²) < 4.78 is 0. The summed E-state index contributed by atoms with van der Waals surface area (Å²) in [5.74, 6) is 0. The summed E-state index contributed by atoms with van der Waals surface area (Å²) >= 11 is 0. The zero-order chi connectivity index (χ0) is 16.4. The highest BCUT2D eigenvalue weighted by molar-refractivity contribution is 5.71. The van der Waals surface area contributed by atoms with E-state index < -0.39 is 0 Å². The summed E-state index contributed by atoms with van der Waals surface area (Å²) in [5.41, 5.74) is 7.09. The van der Waals surface area contributed by atoms with Crippen molar-refractivity contribution in [3.05, 3.63) is 95.1 Å². The summed E-state index contributed by atoms with van der Waals surface area (Å²) in [4.78, 5) is 2.44. The Labute approximate surface area is 142 Å². The van der Waals surface area contributed by atoms with Crippen molar-refractivity contribution in [2.75, 3.05) is 0 Å². The second-order valence-corrected chi connectivity index (χ2v) is 6.27. The topological polar surface area (TPSA) is 27.0 Å². The Bertz CT molecular complexity index is 893. The molecule has 0 saturated carbocycles. The summed E-state index contributed by atoms with van der Waals surface area (Å²) in [6, 6.07) is 27.3. The lowest BCUT2D eigenvalue weighted by Crippen LogP contribution is -2.15. The molecule has 0 radical (unpaired) electrons. The van der Waals surface area contributed by atoms with Gasteiger partial charge >= 0.3 is 0 Å². The smallest absolute Gasteiger partial charge is 0.0991 e. The molecule has 0 spiro atoms. The van der Waals surface area contributed by atoms with Gasteiger partial charge in [-0.15, -0.1) is 0 Å². The molecular formula is C22H18N2. The van der Waals surface area contributed by atoms with Gasteiger partial charge in [-0.05, 0) is 39.9 Å². The highest BCUT2D eigenvalue weighted by Crippen LogP contribution is 2.34. The van der Waals surface area contributed by atoms with Crippen LogP contribution in [0.3, 0.4) is 0 Å². The molecule has 0 bridgehead atoms. The Balaban J connectivity index is 1.69. The highest BCUT2D eigenvalue weighted by atomic mass is 15.1. The van der Waals surface area contributed by atoms with Crippen LogP contribution in [0.15, 0.2) is 72.8 Å². The normalized spacial score (nSPS) is 13.5. The van der Waals surface area contributed by atoms with Crippen LogP contribution in [0.4, 0.5) is 0 Å². The van der Waals surface area contributed by atoms with E-state index in [1.165, 1.54) is 27.8 Å². The van der Waals surface area contributed by atoms with E-state index >= 15 is 0 Å². The zero-order valence-corrected chi connectivity index (χ0v) is 13.4. The molecule has 0 aliphatic carbocycles. The summed E-state index contributed by atoms with van der Waals surface area (Å²) in [7, 11) is 0. The van der Waals surface area contributed by atoms with Gasteiger partial charge in [-0.3, -0.25) is 4.90 Å². The van der Waals surface area contributed by atoms with E-state index in [1.54, 1.807) is 0 Å². The first kappa shape index (κ1) is 14.7. The molecule has 0 fully saturated rings. The molecule has 116 valence electrons. The first-order valence-corrected chi connectivity index (χ1v) is 8.21. The Morgan fingerprint density at radius 3 is 2.29 bits per heavy atom. The van der Waals surface area contributed by atoms with Crippen molar-refractivity contribution in [2.24, 2.45) is 0 Å². The van der Waals surface area contributed by atoms with Crippen molar-refractivity contribution < 1.29 is 0 Å². The number of hydrogen-bond donors (Lipinski definition) is 0. The number of benzene rings is 3. The largest absolute Gasteiger partial charge is 0.291 e. The first-order chi connectivity index (χ1) is 11.8. The number of hydrogen-bond acceptors (Lipinski definition) is 2. The maximum absolute atomic E-state index is 9.38. The Kier molecular flexibility index (Phi) is 3.86. The molecule has 0 unspecified atom stereocenters. The number of rotatable bonds is 3. The predicted octanol–water partition coefficient (Wildman–Crippen LogP) is 4.74. The van der Waals surface area contributed by atoms with Gasteiger partial charge in [0.15, 0.2) is 0 Å². The van der Waals surface area contributed by atoms with Crippen LogP contribution in [0.25, 0.3) is 11.1 Å². The molecule has 0 atom stereocenters. The minimum absolute atomic E-state index is 0.745. The molecule has 24 heavy (non-hydrogen) atoms.